The van der Waals surface area contributed by atoms with Crippen LogP contribution in [-0.2, 0) is 4.74 Å². The third-order valence-electron chi connectivity index (χ3n) is 2.85. The van der Waals surface area contributed by atoms with Gasteiger partial charge in [0.05, 0.1) is 0 Å². The fourth-order valence-corrected chi connectivity index (χ4v) is 1.68. The third-order valence-corrected chi connectivity index (χ3v) is 2.85. The van der Waals surface area contributed by atoms with Crippen LogP contribution in [0.4, 0.5) is 5.69 Å². The molecule has 5 nitrogen and oxygen atoms in total. The van der Waals surface area contributed by atoms with Crippen molar-refractivity contribution in [3.63, 3.8) is 0 Å². The zero-order chi connectivity index (χ0) is 14.8. The molecule has 2 N–H and O–H groups in total. The van der Waals surface area contributed by atoms with E-state index in [9.17, 15) is 4.79 Å². The highest BCUT2D eigenvalue weighted by Crippen LogP contribution is 2.09. The van der Waals surface area contributed by atoms with Gasteiger partial charge in [-0.25, -0.2) is 0 Å². The first-order valence-corrected chi connectivity index (χ1v) is 7.10. The van der Waals surface area contributed by atoms with Crippen molar-refractivity contribution < 1.29 is 9.53 Å². The van der Waals surface area contributed by atoms with Crippen molar-refractivity contribution >= 4 is 11.6 Å². The van der Waals surface area contributed by atoms with Gasteiger partial charge in [0.1, 0.15) is 5.69 Å². The summed E-state index contributed by atoms with van der Waals surface area (Å²) in [5.74, 6) is 0.515. The predicted octanol–water partition coefficient (Wildman–Crippen LogP) is 2.31. The fourth-order valence-electron chi connectivity index (χ4n) is 1.68. The minimum atomic E-state index is -0.145. The van der Waals surface area contributed by atoms with Crippen LogP contribution < -0.4 is 10.6 Å². The molecule has 0 aliphatic heterocycles. The molecular formula is C15H25N3O2. The lowest BCUT2D eigenvalue weighted by molar-refractivity contribution is 0.0943. The topological polar surface area (TPSA) is 63.2 Å². The lowest BCUT2D eigenvalue weighted by Gasteiger charge is -2.09. The van der Waals surface area contributed by atoms with E-state index < -0.39 is 0 Å². The molecule has 0 radical (unpaired) electrons. The molecule has 1 amide bonds. The number of hydrogen-bond donors (Lipinski definition) is 2. The van der Waals surface area contributed by atoms with Crippen molar-refractivity contribution in [2.75, 3.05) is 32.1 Å². The van der Waals surface area contributed by atoms with Gasteiger partial charge in [0, 0.05) is 38.7 Å². The lowest BCUT2D eigenvalue weighted by Crippen LogP contribution is -2.26. The van der Waals surface area contributed by atoms with Crippen molar-refractivity contribution in [1.82, 2.24) is 10.3 Å². The van der Waals surface area contributed by atoms with Gasteiger partial charge in [-0.1, -0.05) is 13.8 Å². The van der Waals surface area contributed by atoms with Gasteiger partial charge in [-0.3, -0.25) is 9.78 Å². The Morgan fingerprint density at radius 1 is 1.40 bits per heavy atom. The van der Waals surface area contributed by atoms with Gasteiger partial charge in [0.25, 0.3) is 5.91 Å². The zero-order valence-corrected chi connectivity index (χ0v) is 12.6. The SMILES string of the molecule is COCCCNC(=O)c1cc(NCCC(C)C)ccn1. The van der Waals surface area contributed by atoms with Crippen LogP contribution in [0.1, 0.15) is 37.2 Å². The minimum Gasteiger partial charge on any atom is -0.385 e. The van der Waals surface area contributed by atoms with E-state index in [1.807, 2.05) is 6.07 Å². The van der Waals surface area contributed by atoms with E-state index in [0.29, 0.717) is 24.8 Å². The van der Waals surface area contributed by atoms with Crippen molar-refractivity contribution in [2.24, 2.45) is 5.92 Å². The number of aromatic nitrogens is 1. The molecule has 0 aliphatic carbocycles. The Balaban J connectivity index is 2.43. The van der Waals surface area contributed by atoms with E-state index in [1.54, 1.807) is 19.4 Å². The Morgan fingerprint density at radius 2 is 2.20 bits per heavy atom. The average Bonchev–Trinajstić information content (AvgIpc) is 2.43. The average molecular weight is 279 g/mol. The maximum Gasteiger partial charge on any atom is 0.269 e. The van der Waals surface area contributed by atoms with Gasteiger partial charge in [-0.2, -0.15) is 0 Å². The van der Waals surface area contributed by atoms with Crippen molar-refractivity contribution in [1.29, 1.82) is 0 Å². The molecule has 0 saturated carbocycles. The number of amides is 1. The van der Waals surface area contributed by atoms with Gasteiger partial charge in [-0.05, 0) is 30.9 Å². The number of anilines is 1. The number of hydrogen-bond acceptors (Lipinski definition) is 4. The van der Waals surface area contributed by atoms with Gasteiger partial charge in [0.15, 0.2) is 0 Å². The summed E-state index contributed by atoms with van der Waals surface area (Å²) < 4.78 is 4.94. The highest BCUT2D eigenvalue weighted by molar-refractivity contribution is 5.93. The maximum atomic E-state index is 11.9. The van der Waals surface area contributed by atoms with E-state index >= 15 is 0 Å². The highest BCUT2D eigenvalue weighted by atomic mass is 16.5. The van der Waals surface area contributed by atoms with E-state index in [2.05, 4.69) is 29.5 Å². The van der Waals surface area contributed by atoms with Crippen molar-refractivity contribution in [3.8, 4) is 0 Å². The number of nitrogens with zero attached hydrogens (tertiary/aromatic N) is 1. The molecule has 112 valence electrons. The van der Waals surface area contributed by atoms with Crippen molar-refractivity contribution in [2.45, 2.75) is 26.7 Å². The minimum absolute atomic E-state index is 0.145. The molecule has 5 heteroatoms. The van der Waals surface area contributed by atoms with Crippen molar-refractivity contribution in [3.05, 3.63) is 24.0 Å². The molecule has 0 bridgehead atoms. The van der Waals surface area contributed by atoms with E-state index in [1.165, 1.54) is 0 Å². The smallest absolute Gasteiger partial charge is 0.269 e. The second-order valence-electron chi connectivity index (χ2n) is 5.14. The molecule has 1 heterocycles. The van der Waals surface area contributed by atoms with Crippen LogP contribution in [0.25, 0.3) is 0 Å². The predicted molar refractivity (Wildman–Crippen MR) is 81.0 cm³/mol. The van der Waals surface area contributed by atoms with Crippen LogP contribution in [0.5, 0.6) is 0 Å². The fraction of sp³-hybridized carbons (Fsp3) is 0.600. The van der Waals surface area contributed by atoms with Crippen LogP contribution in [0.3, 0.4) is 0 Å². The highest BCUT2D eigenvalue weighted by Gasteiger charge is 2.07. The van der Waals surface area contributed by atoms with E-state index in [0.717, 1.165) is 25.1 Å². The first-order valence-electron chi connectivity index (χ1n) is 7.10. The first kappa shape index (κ1) is 16.4. The summed E-state index contributed by atoms with van der Waals surface area (Å²) in [7, 11) is 1.65. The van der Waals surface area contributed by atoms with Crippen LogP contribution >= 0.6 is 0 Å². The molecule has 0 spiro atoms. The number of carbonyl (C=O) groups is 1. The Morgan fingerprint density at radius 3 is 2.90 bits per heavy atom. The van der Waals surface area contributed by atoms with Crippen LogP contribution in [0.15, 0.2) is 18.3 Å². The molecular weight excluding hydrogens is 254 g/mol. The second kappa shape index (κ2) is 9.31. The monoisotopic (exact) mass is 279 g/mol. The molecule has 0 fully saturated rings. The summed E-state index contributed by atoms with van der Waals surface area (Å²) in [5, 5.41) is 6.13. The molecule has 0 unspecified atom stereocenters. The molecule has 0 aromatic carbocycles. The van der Waals surface area contributed by atoms with Gasteiger partial charge < -0.3 is 15.4 Å². The number of carbonyl (C=O) groups excluding carboxylic acids is 1. The summed E-state index contributed by atoms with van der Waals surface area (Å²) in [6.45, 7) is 6.51. The van der Waals surface area contributed by atoms with Gasteiger partial charge >= 0.3 is 0 Å². The van der Waals surface area contributed by atoms with Gasteiger partial charge in [-0.15, -0.1) is 0 Å². The quantitative estimate of drug-likeness (QED) is 0.681. The molecule has 0 aliphatic rings. The molecule has 20 heavy (non-hydrogen) atoms. The molecule has 1 aromatic heterocycles. The van der Waals surface area contributed by atoms with E-state index in [4.69, 9.17) is 4.74 Å². The number of rotatable bonds is 9. The van der Waals surface area contributed by atoms with Crippen LogP contribution in [-0.4, -0.2) is 37.7 Å². The zero-order valence-electron chi connectivity index (χ0n) is 12.6. The normalized spacial score (nSPS) is 10.6. The Bertz CT molecular complexity index is 408. The van der Waals surface area contributed by atoms with Gasteiger partial charge in [0.2, 0.25) is 0 Å². The summed E-state index contributed by atoms with van der Waals surface area (Å²) in [4.78, 5) is 16.0. The number of pyridine rings is 1. The Labute approximate surface area is 121 Å². The number of ether oxygens (including phenoxy) is 1. The third kappa shape index (κ3) is 6.52. The summed E-state index contributed by atoms with van der Waals surface area (Å²) in [6, 6.07) is 3.66. The van der Waals surface area contributed by atoms with Crippen LogP contribution in [0.2, 0.25) is 0 Å². The molecule has 0 atom stereocenters. The Hall–Kier alpha value is -1.62. The maximum absolute atomic E-state index is 11.9. The number of nitrogens with one attached hydrogen (secondary N) is 2. The summed E-state index contributed by atoms with van der Waals surface area (Å²) >= 11 is 0. The molecule has 1 aromatic rings. The Kier molecular flexibility index (Phi) is 7.65. The molecule has 1 rings (SSSR count). The number of methoxy groups -OCH3 is 1. The largest absolute Gasteiger partial charge is 0.385 e. The molecule has 0 saturated heterocycles. The summed E-state index contributed by atoms with van der Waals surface area (Å²) in [5.41, 5.74) is 1.37. The first-order chi connectivity index (χ1) is 9.63. The van der Waals surface area contributed by atoms with E-state index in [-0.39, 0.29) is 5.91 Å². The summed E-state index contributed by atoms with van der Waals surface area (Å²) in [6.07, 6.45) is 3.55. The second-order valence-corrected chi connectivity index (χ2v) is 5.14. The van der Waals surface area contributed by atoms with Crippen LogP contribution in [0, 0.1) is 5.92 Å². The standard InChI is InChI=1S/C15H25N3O2/c1-12(2)5-8-16-13-6-9-17-14(11-13)15(19)18-7-4-10-20-3/h6,9,11-12H,4-5,7-8,10H2,1-3H3,(H,16,17)(H,18,19). The lowest BCUT2D eigenvalue weighted by atomic mass is 10.1.